The summed E-state index contributed by atoms with van der Waals surface area (Å²) < 4.78 is 0. The molecule has 0 heterocycles. The number of carbonyl (C=O) groups excluding carboxylic acids is 3. The second-order valence-electron chi connectivity index (χ2n) is 44.6. The van der Waals surface area contributed by atoms with Crippen LogP contribution in [0.4, 0.5) is 17.1 Å². The maximum Gasteiger partial charge on any atom is 0.186 e. The normalized spacial score (nSPS) is 15.8. The summed E-state index contributed by atoms with van der Waals surface area (Å²) in [5.74, 6) is 1.00. The molecule has 6 aromatic carbocycles. The number of benzene rings is 6. The Morgan fingerprint density at radius 1 is 0.214 bits per heavy atom. The third kappa shape index (κ3) is 18.1. The molecule has 596 valence electrons. The van der Waals surface area contributed by atoms with Gasteiger partial charge in [0.15, 0.2) is 17.3 Å². The van der Waals surface area contributed by atoms with E-state index < -0.39 is 65.0 Å². The fraction of sp³-hybridized carbons (Fsp3) is 0.457. The van der Waals surface area contributed by atoms with Crippen LogP contribution in [0.5, 0.6) is 17.2 Å². The topological polar surface area (TPSA) is 115 Å². The first-order valence-corrected chi connectivity index (χ1v) is 40.6. The number of rotatable bonds is 9. The van der Waals surface area contributed by atoms with E-state index in [0.717, 1.165) is 151 Å². The van der Waals surface area contributed by atoms with Crippen molar-refractivity contribution >= 4 is 51.1 Å². The SMILES string of the molecule is CC(C)(C)C1=CC(=C(c2ccc(N(c3ccc(C(=C4C=C(C(C)(C)C)C(=O)C(C(C)(C)C)=C4)c4cc(C(C)(C)C)c(O)c(C(C)(C)C)c4)cc3)c3ccc(C(=C4C=C(C(C)(C)C)C(=O)C(C(C)(C)C)=C4)c4cc(C(C)(C)C)c(O)c(C(C)(C)C)c4)cc3)cc2)c2cc(C(C)(C)C)c(O)c(C(C)(C)C)c2)C=C(C(C)(C)C)C1=O. The number of ketones is 3. The fourth-order valence-corrected chi connectivity index (χ4v) is 15.7. The Labute approximate surface area is 675 Å². The first-order chi connectivity index (χ1) is 50.6. The molecule has 9 rings (SSSR count). The largest absolute Gasteiger partial charge is 0.507 e. The lowest BCUT2D eigenvalue weighted by molar-refractivity contribution is -0.114. The number of allylic oxidation sites excluding steroid dienone is 15. The van der Waals surface area contributed by atoms with Crippen molar-refractivity contribution in [1.29, 1.82) is 0 Å². The van der Waals surface area contributed by atoms with Crippen LogP contribution in [-0.2, 0) is 46.9 Å². The highest BCUT2D eigenvalue weighted by Gasteiger charge is 2.41. The molecule has 7 nitrogen and oxygen atoms in total. The lowest BCUT2D eigenvalue weighted by Crippen LogP contribution is -2.28. The Morgan fingerprint density at radius 3 is 0.482 bits per heavy atom. The summed E-state index contributed by atoms with van der Waals surface area (Å²) in [5, 5.41) is 37.0. The van der Waals surface area contributed by atoms with Gasteiger partial charge in [0.05, 0.1) is 0 Å². The first-order valence-electron chi connectivity index (χ1n) is 40.6. The standard InChI is InChI=1S/C105H135NO6/c1-94(2,3)73-49-64(50-74(88(73)107)95(4,5)6)85(65-51-75(96(7,8)9)89(108)76(52-65)97(10,11)12)61-37-43-70(44-38-61)106(71-45-39-62(40-46-71)86(66-53-77(98(13,14)15)90(109)78(54-66)99(16,17)18)67-55-79(100(19,20)21)91(110)80(56-67)101(22,23)24)72-47-41-63(42-48-72)87(68-57-81(102(25,26)27)92(111)82(58-68)103(28,29)30)69-59-83(104(31,32)33)93(112)84(60-69)105(34,35)36/h37-60,107,109,111H,1-36H3. The average Bonchev–Trinajstić information content (AvgIpc) is 0.753. The number of phenolic OH excluding ortho intramolecular Hbond substituents is 3. The van der Waals surface area contributed by atoms with Crippen LogP contribution in [0.15, 0.2) is 196 Å². The lowest BCUT2D eigenvalue weighted by atomic mass is 9.70. The molecule has 0 atom stereocenters. The van der Waals surface area contributed by atoms with E-state index >= 15 is 0 Å². The zero-order valence-corrected chi connectivity index (χ0v) is 75.4. The summed E-state index contributed by atoms with van der Waals surface area (Å²) in [6.07, 6.45) is 12.6. The number of hydrogen-bond acceptors (Lipinski definition) is 7. The van der Waals surface area contributed by atoms with Crippen LogP contribution >= 0.6 is 0 Å². The Hall–Kier alpha value is -8.81. The van der Waals surface area contributed by atoms with E-state index in [2.05, 4.69) is 400 Å². The fourth-order valence-electron chi connectivity index (χ4n) is 15.7. The van der Waals surface area contributed by atoms with Gasteiger partial charge < -0.3 is 20.2 Å². The first kappa shape index (κ1) is 87.2. The number of carbonyl (C=O) groups is 3. The van der Waals surface area contributed by atoms with Gasteiger partial charge in [0.25, 0.3) is 0 Å². The molecule has 0 radical (unpaired) electrons. The maximum atomic E-state index is 14.9. The number of aromatic hydroxyl groups is 3. The zero-order valence-electron chi connectivity index (χ0n) is 75.4. The molecule has 0 amide bonds. The predicted molar refractivity (Wildman–Crippen MR) is 476 cm³/mol. The molecule has 3 aliphatic carbocycles. The molecular formula is C105H135NO6. The van der Waals surface area contributed by atoms with Crippen molar-refractivity contribution in [3.8, 4) is 17.2 Å². The summed E-state index contributed by atoms with van der Waals surface area (Å²) in [6.45, 7) is 76.6. The van der Waals surface area contributed by atoms with Gasteiger partial charge in [-0.1, -0.05) is 286 Å². The molecular weight excluding hydrogens is 1370 g/mol. The molecule has 0 aliphatic heterocycles. The summed E-state index contributed by atoms with van der Waals surface area (Å²) in [7, 11) is 0. The van der Waals surface area contributed by atoms with Gasteiger partial charge in [0.2, 0.25) is 0 Å². The van der Waals surface area contributed by atoms with Gasteiger partial charge in [0.1, 0.15) is 17.2 Å². The van der Waals surface area contributed by atoms with Gasteiger partial charge in [-0.15, -0.1) is 0 Å². The molecule has 3 N–H and O–H groups in total. The van der Waals surface area contributed by atoms with Crippen molar-refractivity contribution < 1.29 is 29.7 Å². The minimum absolute atomic E-state index is 0.0474. The van der Waals surface area contributed by atoms with Gasteiger partial charge >= 0.3 is 0 Å². The third-order valence-corrected chi connectivity index (χ3v) is 22.3. The van der Waals surface area contributed by atoms with Gasteiger partial charge in [-0.2, -0.15) is 0 Å². The third-order valence-electron chi connectivity index (χ3n) is 22.3. The number of hydrogen-bond donors (Lipinski definition) is 3. The molecule has 0 fully saturated rings. The highest BCUT2D eigenvalue weighted by atomic mass is 16.3. The molecule has 0 saturated heterocycles. The highest BCUT2D eigenvalue weighted by molar-refractivity contribution is 6.15. The second-order valence-corrected chi connectivity index (χ2v) is 44.6. The molecule has 112 heavy (non-hydrogen) atoms. The summed E-state index contributed by atoms with van der Waals surface area (Å²) in [4.78, 5) is 46.9. The number of Topliss-reactive ketones (excluding diaryl/α,β-unsaturated/α-hetero) is 3. The van der Waals surface area contributed by atoms with Crippen LogP contribution in [0, 0.1) is 32.5 Å². The summed E-state index contributed by atoms with van der Waals surface area (Å²) in [6, 6.07) is 39.3. The zero-order chi connectivity index (χ0) is 84.6. The van der Waals surface area contributed by atoms with E-state index in [1.807, 2.05) is 0 Å². The van der Waals surface area contributed by atoms with Gasteiger partial charge in [-0.25, -0.2) is 0 Å². The quantitative estimate of drug-likeness (QED) is 0.132. The molecule has 3 aliphatic rings. The van der Waals surface area contributed by atoms with Crippen molar-refractivity contribution in [2.45, 2.75) is 282 Å². The van der Waals surface area contributed by atoms with E-state index in [4.69, 9.17) is 0 Å². The summed E-state index contributed by atoms with van der Waals surface area (Å²) >= 11 is 0. The van der Waals surface area contributed by atoms with Crippen molar-refractivity contribution in [3.63, 3.8) is 0 Å². The minimum atomic E-state index is -0.491. The van der Waals surface area contributed by atoms with Gasteiger partial charge in [-0.3, -0.25) is 14.4 Å². The van der Waals surface area contributed by atoms with Gasteiger partial charge in [0, 0.05) is 83.9 Å². The number of nitrogens with zero attached hydrogens (tertiary/aromatic N) is 1. The molecule has 0 unspecified atom stereocenters. The molecule has 0 bridgehead atoms. The van der Waals surface area contributed by atoms with Crippen LogP contribution in [0.3, 0.4) is 0 Å². The Bertz CT molecular complexity index is 4350. The molecule has 7 heteroatoms. The van der Waals surface area contributed by atoms with Crippen molar-refractivity contribution in [1.82, 2.24) is 0 Å². The second kappa shape index (κ2) is 29.2. The lowest BCUT2D eigenvalue weighted by Gasteiger charge is -2.33. The average molecular weight is 1510 g/mol. The van der Waals surface area contributed by atoms with Crippen molar-refractivity contribution in [2.75, 3.05) is 4.90 Å². The van der Waals surface area contributed by atoms with E-state index in [9.17, 15) is 29.7 Å². The highest BCUT2D eigenvalue weighted by Crippen LogP contribution is 2.52. The molecule has 0 spiro atoms. The minimum Gasteiger partial charge on any atom is -0.507 e. The van der Waals surface area contributed by atoms with E-state index in [1.54, 1.807) is 0 Å². The van der Waals surface area contributed by atoms with Crippen molar-refractivity contribution in [2.24, 2.45) is 32.5 Å². The van der Waals surface area contributed by atoms with Gasteiger partial charge in [-0.05, 0) is 241 Å². The summed E-state index contributed by atoms with van der Waals surface area (Å²) in [5.41, 5.74) is 17.5. The Kier molecular flexibility index (Phi) is 22.8. The van der Waals surface area contributed by atoms with E-state index in [1.165, 1.54) is 0 Å². The molecule has 0 saturated carbocycles. The van der Waals surface area contributed by atoms with Crippen molar-refractivity contribution in [3.05, 3.63) is 263 Å². The van der Waals surface area contributed by atoms with E-state index in [-0.39, 0.29) is 34.6 Å². The number of anilines is 3. The monoisotopic (exact) mass is 1510 g/mol. The predicted octanol–water partition coefficient (Wildman–Crippen LogP) is 28.0. The Balaban J connectivity index is 1.43. The smallest absolute Gasteiger partial charge is 0.186 e. The Morgan fingerprint density at radius 2 is 0.357 bits per heavy atom. The molecule has 6 aromatic rings. The van der Waals surface area contributed by atoms with Crippen LogP contribution in [0.25, 0.3) is 16.7 Å². The maximum absolute atomic E-state index is 14.9. The van der Waals surface area contributed by atoms with Crippen LogP contribution in [0.1, 0.15) is 316 Å². The number of phenols is 3. The van der Waals surface area contributed by atoms with Crippen LogP contribution < -0.4 is 4.90 Å². The molecule has 0 aromatic heterocycles. The van der Waals surface area contributed by atoms with Crippen LogP contribution in [-0.4, -0.2) is 32.7 Å². The van der Waals surface area contributed by atoms with Crippen LogP contribution in [0.2, 0.25) is 0 Å². The van der Waals surface area contributed by atoms with E-state index in [0.29, 0.717) is 0 Å².